The molecule has 1 aromatic rings. The first kappa shape index (κ1) is 6.73. The van der Waals surface area contributed by atoms with E-state index in [1.165, 1.54) is 0 Å². The van der Waals surface area contributed by atoms with Gasteiger partial charge in [0.15, 0.2) is 5.88 Å². The Labute approximate surface area is 65.2 Å². The molecule has 1 aromatic heterocycles. The molecule has 2 rings (SSSR count). The Bertz CT molecular complexity index is 250. The fourth-order valence-corrected chi connectivity index (χ4v) is 1.23. The highest BCUT2D eigenvalue weighted by Crippen LogP contribution is 2.22. The standard InChI is InChI=1S/C8H11NO2/c1-6-2-3-8(11-6)9-4-7(10)5-9/h2-3,7,10H,4-5H2,1H3. The fourth-order valence-electron chi connectivity index (χ4n) is 1.23. The number of nitrogens with zero attached hydrogens (tertiary/aromatic N) is 1. The third-order valence-corrected chi connectivity index (χ3v) is 1.90. The van der Waals surface area contributed by atoms with Gasteiger partial charge in [-0.3, -0.25) is 0 Å². The van der Waals surface area contributed by atoms with Gasteiger partial charge < -0.3 is 14.4 Å². The molecule has 0 amide bonds. The van der Waals surface area contributed by atoms with Gasteiger partial charge in [0.1, 0.15) is 5.76 Å². The zero-order valence-electron chi connectivity index (χ0n) is 6.45. The number of hydrogen-bond donors (Lipinski definition) is 1. The summed E-state index contributed by atoms with van der Waals surface area (Å²) in [6.45, 7) is 3.32. The second-order valence-corrected chi connectivity index (χ2v) is 2.94. The molecule has 3 nitrogen and oxygen atoms in total. The average molecular weight is 153 g/mol. The van der Waals surface area contributed by atoms with Crippen molar-refractivity contribution in [2.45, 2.75) is 13.0 Å². The van der Waals surface area contributed by atoms with Crippen LogP contribution in [0.3, 0.4) is 0 Å². The van der Waals surface area contributed by atoms with Crippen molar-refractivity contribution in [3.8, 4) is 0 Å². The van der Waals surface area contributed by atoms with Crippen LogP contribution in [-0.2, 0) is 0 Å². The number of β-amino-alcohol motifs (C(OH)–C–C–N with tert-alkyl or cyclic N) is 1. The second kappa shape index (κ2) is 2.27. The highest BCUT2D eigenvalue weighted by Gasteiger charge is 2.26. The van der Waals surface area contributed by atoms with Gasteiger partial charge >= 0.3 is 0 Å². The molecule has 2 heterocycles. The van der Waals surface area contributed by atoms with Crippen LogP contribution in [0.25, 0.3) is 0 Å². The number of furan rings is 1. The molecule has 0 radical (unpaired) electrons. The molecule has 3 heteroatoms. The summed E-state index contributed by atoms with van der Waals surface area (Å²) in [6, 6.07) is 3.86. The van der Waals surface area contributed by atoms with Crippen molar-refractivity contribution >= 4 is 5.88 Å². The Balaban J connectivity index is 2.07. The largest absolute Gasteiger partial charge is 0.446 e. The Morgan fingerprint density at radius 2 is 2.27 bits per heavy atom. The first-order valence-corrected chi connectivity index (χ1v) is 3.75. The second-order valence-electron chi connectivity index (χ2n) is 2.94. The minimum atomic E-state index is -0.166. The maximum Gasteiger partial charge on any atom is 0.195 e. The van der Waals surface area contributed by atoms with Crippen molar-refractivity contribution in [3.63, 3.8) is 0 Å². The predicted octanol–water partition coefficient (Wildman–Crippen LogP) is 0.769. The summed E-state index contributed by atoms with van der Waals surface area (Å²) >= 11 is 0. The van der Waals surface area contributed by atoms with Crippen LogP contribution in [0.2, 0.25) is 0 Å². The molecule has 1 aliphatic rings. The molecule has 1 aliphatic heterocycles. The third-order valence-electron chi connectivity index (χ3n) is 1.90. The van der Waals surface area contributed by atoms with Crippen molar-refractivity contribution in [2.24, 2.45) is 0 Å². The summed E-state index contributed by atoms with van der Waals surface area (Å²) in [7, 11) is 0. The third kappa shape index (κ3) is 1.12. The summed E-state index contributed by atoms with van der Waals surface area (Å²) in [5.41, 5.74) is 0. The van der Waals surface area contributed by atoms with E-state index in [1.807, 2.05) is 24.0 Å². The summed E-state index contributed by atoms with van der Waals surface area (Å²) in [4.78, 5) is 2.01. The maximum atomic E-state index is 9.00. The van der Waals surface area contributed by atoms with E-state index >= 15 is 0 Å². The molecule has 0 aromatic carbocycles. The quantitative estimate of drug-likeness (QED) is 0.647. The van der Waals surface area contributed by atoms with Crippen molar-refractivity contribution in [3.05, 3.63) is 17.9 Å². The Morgan fingerprint density at radius 1 is 1.55 bits per heavy atom. The summed E-state index contributed by atoms with van der Waals surface area (Å²) in [5.74, 6) is 1.79. The lowest BCUT2D eigenvalue weighted by molar-refractivity contribution is 0.138. The molecular formula is C8H11NO2. The molecule has 0 bridgehead atoms. The molecule has 11 heavy (non-hydrogen) atoms. The molecule has 1 fully saturated rings. The van der Waals surface area contributed by atoms with E-state index in [1.54, 1.807) is 0 Å². The van der Waals surface area contributed by atoms with Crippen LogP contribution in [0.4, 0.5) is 5.88 Å². The van der Waals surface area contributed by atoms with Crippen LogP contribution >= 0.6 is 0 Å². The zero-order valence-corrected chi connectivity index (χ0v) is 6.45. The summed E-state index contributed by atoms with van der Waals surface area (Å²) in [5, 5.41) is 9.00. The Kier molecular flexibility index (Phi) is 1.39. The number of anilines is 1. The lowest BCUT2D eigenvalue weighted by atomic mass is 10.2. The van der Waals surface area contributed by atoms with Gasteiger partial charge in [0, 0.05) is 19.2 Å². The molecule has 0 aliphatic carbocycles. The van der Waals surface area contributed by atoms with Gasteiger partial charge in [0.05, 0.1) is 6.10 Å². The Hall–Kier alpha value is -0.960. The molecule has 1 N–H and O–H groups in total. The van der Waals surface area contributed by atoms with Crippen LogP contribution in [0, 0.1) is 6.92 Å². The van der Waals surface area contributed by atoms with Crippen LogP contribution in [0.1, 0.15) is 5.76 Å². The molecule has 0 saturated carbocycles. The number of aryl methyl sites for hydroxylation is 1. The van der Waals surface area contributed by atoms with E-state index in [-0.39, 0.29) is 6.10 Å². The van der Waals surface area contributed by atoms with E-state index in [2.05, 4.69) is 0 Å². The van der Waals surface area contributed by atoms with Crippen LogP contribution in [-0.4, -0.2) is 24.3 Å². The fraction of sp³-hybridized carbons (Fsp3) is 0.500. The lowest BCUT2D eigenvalue weighted by Gasteiger charge is -2.35. The first-order chi connectivity index (χ1) is 5.25. The predicted molar refractivity (Wildman–Crippen MR) is 41.7 cm³/mol. The highest BCUT2D eigenvalue weighted by molar-refractivity contribution is 5.39. The summed E-state index contributed by atoms with van der Waals surface area (Å²) < 4.78 is 5.35. The first-order valence-electron chi connectivity index (χ1n) is 3.75. The molecule has 0 unspecified atom stereocenters. The number of aliphatic hydroxyl groups is 1. The molecule has 0 spiro atoms. The maximum absolute atomic E-state index is 9.00. The van der Waals surface area contributed by atoms with Gasteiger partial charge in [0.2, 0.25) is 0 Å². The zero-order chi connectivity index (χ0) is 7.84. The normalized spacial score (nSPS) is 18.5. The van der Waals surface area contributed by atoms with E-state index in [0.29, 0.717) is 13.1 Å². The van der Waals surface area contributed by atoms with Crippen molar-refractivity contribution < 1.29 is 9.52 Å². The SMILES string of the molecule is Cc1ccc(N2CC(O)C2)o1. The van der Waals surface area contributed by atoms with Crippen LogP contribution < -0.4 is 4.90 Å². The van der Waals surface area contributed by atoms with Crippen LogP contribution in [0.5, 0.6) is 0 Å². The molecular weight excluding hydrogens is 142 g/mol. The number of rotatable bonds is 1. The number of aliphatic hydroxyl groups excluding tert-OH is 1. The molecule has 0 atom stereocenters. The molecule has 1 saturated heterocycles. The lowest BCUT2D eigenvalue weighted by Crippen LogP contribution is -2.50. The highest BCUT2D eigenvalue weighted by atomic mass is 16.4. The topological polar surface area (TPSA) is 36.6 Å². The molecule has 60 valence electrons. The van der Waals surface area contributed by atoms with Crippen molar-refractivity contribution in [2.75, 3.05) is 18.0 Å². The average Bonchev–Trinajstić information content (AvgIpc) is 2.29. The van der Waals surface area contributed by atoms with Crippen molar-refractivity contribution in [1.82, 2.24) is 0 Å². The van der Waals surface area contributed by atoms with Gasteiger partial charge in [0.25, 0.3) is 0 Å². The van der Waals surface area contributed by atoms with Gasteiger partial charge in [-0.2, -0.15) is 0 Å². The monoisotopic (exact) mass is 153 g/mol. The van der Waals surface area contributed by atoms with Gasteiger partial charge in [-0.1, -0.05) is 0 Å². The van der Waals surface area contributed by atoms with Crippen LogP contribution in [0.15, 0.2) is 16.5 Å². The van der Waals surface area contributed by atoms with E-state index in [0.717, 1.165) is 11.6 Å². The van der Waals surface area contributed by atoms with Gasteiger partial charge in [-0.05, 0) is 13.0 Å². The van der Waals surface area contributed by atoms with Gasteiger partial charge in [-0.25, -0.2) is 0 Å². The van der Waals surface area contributed by atoms with Crippen molar-refractivity contribution in [1.29, 1.82) is 0 Å². The Morgan fingerprint density at radius 3 is 2.73 bits per heavy atom. The minimum absolute atomic E-state index is 0.166. The summed E-state index contributed by atoms with van der Waals surface area (Å²) in [6.07, 6.45) is -0.166. The number of hydrogen-bond acceptors (Lipinski definition) is 3. The smallest absolute Gasteiger partial charge is 0.195 e. The minimum Gasteiger partial charge on any atom is -0.446 e. The van der Waals surface area contributed by atoms with E-state index < -0.39 is 0 Å². The van der Waals surface area contributed by atoms with E-state index in [4.69, 9.17) is 9.52 Å². The van der Waals surface area contributed by atoms with E-state index in [9.17, 15) is 0 Å². The van der Waals surface area contributed by atoms with Gasteiger partial charge in [-0.15, -0.1) is 0 Å².